The van der Waals surface area contributed by atoms with Gasteiger partial charge in [-0.05, 0) is 53.5 Å². The van der Waals surface area contributed by atoms with E-state index in [1.54, 1.807) is 31.4 Å². The Kier molecular flexibility index (Phi) is 8.34. The summed E-state index contributed by atoms with van der Waals surface area (Å²) in [5.41, 5.74) is 5.49. The van der Waals surface area contributed by atoms with Crippen molar-refractivity contribution in [2.75, 3.05) is 7.11 Å². The Hall–Kier alpha value is -2.04. The summed E-state index contributed by atoms with van der Waals surface area (Å²) in [7, 11) is 1.61. The second-order valence-corrected chi connectivity index (χ2v) is 7.89. The highest BCUT2D eigenvalue weighted by Gasteiger charge is 2.14. The molecule has 4 nitrogen and oxygen atoms in total. The fourth-order valence-electron chi connectivity index (χ4n) is 2.83. The number of hydrogen-bond donors (Lipinski definition) is 3. The Balaban J connectivity index is 2.10. The van der Waals surface area contributed by atoms with Crippen LogP contribution in [-0.2, 0) is 0 Å². The Morgan fingerprint density at radius 2 is 1.79 bits per heavy atom. The lowest BCUT2D eigenvalue weighted by Gasteiger charge is -2.15. The molecular formula is C23H27BrO4. The van der Waals surface area contributed by atoms with E-state index >= 15 is 0 Å². The van der Waals surface area contributed by atoms with E-state index in [2.05, 4.69) is 21.7 Å². The quantitative estimate of drug-likeness (QED) is 0.471. The number of benzene rings is 2. The van der Waals surface area contributed by atoms with Gasteiger partial charge in [-0.15, -0.1) is 5.73 Å². The number of ether oxygens (including phenoxy) is 1. The summed E-state index contributed by atoms with van der Waals surface area (Å²) in [5.74, 6) is 1.02. The van der Waals surface area contributed by atoms with Crippen LogP contribution in [0.5, 0.6) is 11.5 Å². The van der Waals surface area contributed by atoms with Gasteiger partial charge in [0, 0.05) is 22.9 Å². The summed E-state index contributed by atoms with van der Waals surface area (Å²) in [6.45, 7) is 4.10. The summed E-state index contributed by atoms with van der Waals surface area (Å²) >= 11 is 3.35. The molecule has 0 aliphatic heterocycles. The summed E-state index contributed by atoms with van der Waals surface area (Å²) in [4.78, 5) is 0. The third-order valence-corrected chi connectivity index (χ3v) is 5.08. The highest BCUT2D eigenvalue weighted by molar-refractivity contribution is 9.10. The first-order valence-corrected chi connectivity index (χ1v) is 10.0. The molecule has 28 heavy (non-hydrogen) atoms. The van der Waals surface area contributed by atoms with Crippen LogP contribution in [0.1, 0.15) is 50.0 Å². The van der Waals surface area contributed by atoms with Crippen LogP contribution >= 0.6 is 15.9 Å². The van der Waals surface area contributed by atoms with Gasteiger partial charge in [-0.3, -0.25) is 0 Å². The zero-order chi connectivity index (χ0) is 20.7. The molecule has 2 rings (SSSR count). The Morgan fingerprint density at radius 3 is 2.39 bits per heavy atom. The minimum absolute atomic E-state index is 0.0621. The van der Waals surface area contributed by atoms with Crippen molar-refractivity contribution in [1.29, 1.82) is 0 Å². The van der Waals surface area contributed by atoms with E-state index in [0.29, 0.717) is 18.4 Å². The molecule has 0 bridgehead atoms. The predicted octanol–water partition coefficient (Wildman–Crippen LogP) is 5.45. The average molecular weight is 447 g/mol. The molecule has 0 fully saturated rings. The SMILES string of the molecule is COc1ccc([C@H](O)CC(=C=CC[C@@H](O)c2cc(Br)ccc2O)C(C)C)cc1. The van der Waals surface area contributed by atoms with E-state index in [1.807, 2.05) is 38.1 Å². The molecule has 0 aliphatic rings. The first kappa shape index (κ1) is 22.3. The zero-order valence-corrected chi connectivity index (χ0v) is 18.0. The lowest BCUT2D eigenvalue weighted by Crippen LogP contribution is -2.03. The predicted molar refractivity (Wildman–Crippen MR) is 114 cm³/mol. The molecule has 0 unspecified atom stereocenters. The van der Waals surface area contributed by atoms with Gasteiger partial charge in [0.05, 0.1) is 19.3 Å². The van der Waals surface area contributed by atoms with E-state index in [0.717, 1.165) is 21.4 Å². The molecule has 3 N–H and O–H groups in total. The van der Waals surface area contributed by atoms with Gasteiger partial charge in [0.25, 0.3) is 0 Å². The number of aliphatic hydroxyl groups is 2. The summed E-state index contributed by atoms with van der Waals surface area (Å²) in [6.07, 6.45) is 1.08. The molecule has 5 heteroatoms. The number of hydrogen-bond acceptors (Lipinski definition) is 4. The number of phenols is 1. The van der Waals surface area contributed by atoms with Crippen LogP contribution in [0, 0.1) is 5.92 Å². The van der Waals surface area contributed by atoms with Crippen LogP contribution in [0.3, 0.4) is 0 Å². The van der Waals surface area contributed by atoms with Crippen LogP contribution in [0.4, 0.5) is 0 Å². The molecule has 0 radical (unpaired) electrons. The third-order valence-electron chi connectivity index (χ3n) is 4.59. The topological polar surface area (TPSA) is 69.9 Å². The molecule has 0 spiro atoms. The standard InChI is InChI=1S/C23H27BrO4/c1-15(2)17(13-23(27)16-7-10-19(28-3)11-8-16)5-4-6-21(25)20-14-18(24)9-12-22(20)26/h4,7-12,14-15,21,23,25-27H,6,13H2,1-3H3/t5?,21-,23-/m1/s1. The summed E-state index contributed by atoms with van der Waals surface area (Å²) < 4.78 is 5.94. The smallest absolute Gasteiger partial charge is 0.121 e. The lowest BCUT2D eigenvalue weighted by atomic mass is 9.94. The summed E-state index contributed by atoms with van der Waals surface area (Å²) in [5, 5.41) is 30.8. The van der Waals surface area contributed by atoms with Gasteiger partial charge in [-0.2, -0.15) is 0 Å². The number of phenolic OH excluding ortho intramolecular Hbond substituents is 1. The van der Waals surface area contributed by atoms with Gasteiger partial charge >= 0.3 is 0 Å². The number of methoxy groups -OCH3 is 1. The Morgan fingerprint density at radius 1 is 1.11 bits per heavy atom. The molecule has 2 atom stereocenters. The van der Waals surface area contributed by atoms with Crippen LogP contribution in [0.15, 0.2) is 64.3 Å². The zero-order valence-electron chi connectivity index (χ0n) is 16.4. The monoisotopic (exact) mass is 446 g/mol. The maximum Gasteiger partial charge on any atom is 0.121 e. The summed E-state index contributed by atoms with van der Waals surface area (Å²) in [6, 6.07) is 12.3. The third kappa shape index (κ3) is 6.25. The highest BCUT2D eigenvalue weighted by atomic mass is 79.9. The Labute approximate surface area is 174 Å². The highest BCUT2D eigenvalue weighted by Crippen LogP contribution is 2.30. The van der Waals surface area contributed by atoms with Crippen LogP contribution in [-0.4, -0.2) is 22.4 Å². The van der Waals surface area contributed by atoms with Crippen molar-refractivity contribution in [3.05, 3.63) is 75.4 Å². The van der Waals surface area contributed by atoms with Crippen molar-refractivity contribution < 1.29 is 20.1 Å². The van der Waals surface area contributed by atoms with Gasteiger partial charge in [0.15, 0.2) is 0 Å². The minimum Gasteiger partial charge on any atom is -0.508 e. The fraction of sp³-hybridized carbons (Fsp3) is 0.348. The van der Waals surface area contributed by atoms with Crippen molar-refractivity contribution in [3.8, 4) is 11.5 Å². The molecule has 0 saturated heterocycles. The van der Waals surface area contributed by atoms with Crippen LogP contribution < -0.4 is 4.74 Å². The second kappa shape index (κ2) is 10.5. The minimum atomic E-state index is -0.829. The number of halogens is 1. The second-order valence-electron chi connectivity index (χ2n) is 6.98. The molecule has 2 aromatic rings. The van der Waals surface area contributed by atoms with Crippen LogP contribution in [0.25, 0.3) is 0 Å². The fourth-order valence-corrected chi connectivity index (χ4v) is 3.21. The Bertz CT molecular complexity index is 836. The number of aromatic hydroxyl groups is 1. The van der Waals surface area contributed by atoms with Crippen molar-refractivity contribution in [3.63, 3.8) is 0 Å². The normalized spacial score (nSPS) is 13.0. The molecule has 0 heterocycles. The van der Waals surface area contributed by atoms with E-state index < -0.39 is 12.2 Å². The lowest BCUT2D eigenvalue weighted by molar-refractivity contribution is 0.175. The average Bonchev–Trinajstić information content (AvgIpc) is 2.68. The molecule has 0 amide bonds. The maximum absolute atomic E-state index is 10.6. The van der Waals surface area contributed by atoms with E-state index in [-0.39, 0.29) is 11.7 Å². The van der Waals surface area contributed by atoms with E-state index in [9.17, 15) is 15.3 Å². The molecule has 0 saturated carbocycles. The first-order valence-electron chi connectivity index (χ1n) is 9.24. The first-order chi connectivity index (χ1) is 13.3. The van der Waals surface area contributed by atoms with Crippen molar-refractivity contribution >= 4 is 15.9 Å². The van der Waals surface area contributed by atoms with Crippen molar-refractivity contribution in [2.24, 2.45) is 5.92 Å². The molecular weight excluding hydrogens is 420 g/mol. The van der Waals surface area contributed by atoms with Crippen LogP contribution in [0.2, 0.25) is 0 Å². The van der Waals surface area contributed by atoms with Gasteiger partial charge in [-0.25, -0.2) is 0 Å². The van der Waals surface area contributed by atoms with Gasteiger partial charge in [-0.1, -0.05) is 41.9 Å². The van der Waals surface area contributed by atoms with Crippen molar-refractivity contribution in [1.82, 2.24) is 0 Å². The molecule has 0 aromatic heterocycles. The largest absolute Gasteiger partial charge is 0.508 e. The van der Waals surface area contributed by atoms with Gasteiger partial charge < -0.3 is 20.1 Å². The molecule has 0 aliphatic carbocycles. The molecule has 150 valence electrons. The molecule has 2 aromatic carbocycles. The maximum atomic E-state index is 10.6. The van der Waals surface area contributed by atoms with Crippen molar-refractivity contribution in [2.45, 2.75) is 38.9 Å². The van der Waals surface area contributed by atoms with E-state index in [4.69, 9.17) is 4.74 Å². The number of rotatable bonds is 8. The number of aliphatic hydroxyl groups excluding tert-OH is 2. The van der Waals surface area contributed by atoms with Gasteiger partial charge in [0.2, 0.25) is 0 Å². The van der Waals surface area contributed by atoms with E-state index in [1.165, 1.54) is 0 Å². The van der Waals surface area contributed by atoms with Gasteiger partial charge in [0.1, 0.15) is 11.5 Å².